The summed E-state index contributed by atoms with van der Waals surface area (Å²) in [5.74, 6) is 0.338. The van der Waals surface area contributed by atoms with Crippen molar-refractivity contribution in [3.05, 3.63) is 66.4 Å². The average Bonchev–Trinajstić information content (AvgIpc) is 3.12. The quantitative estimate of drug-likeness (QED) is 0.742. The van der Waals surface area contributed by atoms with Crippen LogP contribution in [-0.4, -0.2) is 22.1 Å². The van der Waals surface area contributed by atoms with Crippen molar-refractivity contribution in [3.8, 4) is 17.0 Å². The number of hydrogen-bond donors (Lipinski definition) is 1. The second-order valence-electron chi connectivity index (χ2n) is 6.54. The Morgan fingerprint density at radius 2 is 2.07 bits per heavy atom. The smallest absolute Gasteiger partial charge is 0.262 e. The Balaban J connectivity index is 1.42. The number of fused-ring (bicyclic) bond motifs is 1. The minimum atomic E-state index is -0.490. The third-order valence-corrected chi connectivity index (χ3v) is 4.55. The van der Waals surface area contributed by atoms with Crippen molar-refractivity contribution < 1.29 is 13.9 Å². The summed E-state index contributed by atoms with van der Waals surface area (Å²) in [4.78, 5) is 16.8. The van der Waals surface area contributed by atoms with Gasteiger partial charge in [-0.1, -0.05) is 24.3 Å². The molecule has 0 fully saturated rings. The summed E-state index contributed by atoms with van der Waals surface area (Å²) < 4.78 is 21.0. The third kappa shape index (κ3) is 4.00. The van der Waals surface area contributed by atoms with Crippen LogP contribution in [0, 0.1) is 5.82 Å². The molecular formula is C21H20FN3O2. The molecule has 5 nitrogen and oxygen atoms in total. The van der Waals surface area contributed by atoms with Crippen LogP contribution in [-0.2, 0) is 17.8 Å². The van der Waals surface area contributed by atoms with Gasteiger partial charge < -0.3 is 14.6 Å². The van der Waals surface area contributed by atoms with Crippen LogP contribution in [0.3, 0.4) is 0 Å². The fourth-order valence-corrected chi connectivity index (χ4v) is 3.21. The maximum Gasteiger partial charge on any atom is 0.262 e. The molecular weight excluding hydrogens is 345 g/mol. The van der Waals surface area contributed by atoms with Crippen molar-refractivity contribution in [1.82, 2.24) is 9.55 Å². The van der Waals surface area contributed by atoms with Crippen molar-refractivity contribution in [2.75, 3.05) is 11.9 Å². The molecule has 0 saturated carbocycles. The van der Waals surface area contributed by atoms with Crippen LogP contribution in [0.15, 0.2) is 54.7 Å². The number of carbonyl (C=O) groups is 1. The van der Waals surface area contributed by atoms with E-state index >= 15 is 0 Å². The van der Waals surface area contributed by atoms with Crippen molar-refractivity contribution in [2.24, 2.45) is 0 Å². The van der Waals surface area contributed by atoms with E-state index < -0.39 is 5.82 Å². The first-order valence-electron chi connectivity index (χ1n) is 9.03. The number of amides is 1. The lowest BCUT2D eigenvalue weighted by molar-refractivity contribution is -0.118. The van der Waals surface area contributed by atoms with Crippen LogP contribution >= 0.6 is 0 Å². The number of halogens is 1. The number of aromatic nitrogens is 2. The number of nitrogens with one attached hydrogen (secondary N) is 1. The molecule has 0 unspecified atom stereocenters. The first-order chi connectivity index (χ1) is 13.2. The van der Waals surface area contributed by atoms with E-state index in [0.29, 0.717) is 5.69 Å². The van der Waals surface area contributed by atoms with Gasteiger partial charge in [-0.3, -0.25) is 4.79 Å². The minimum Gasteiger partial charge on any atom is -0.481 e. The van der Waals surface area contributed by atoms with Gasteiger partial charge in [0.1, 0.15) is 5.82 Å². The number of ether oxygens (including phenoxy) is 1. The van der Waals surface area contributed by atoms with Crippen molar-refractivity contribution in [3.63, 3.8) is 0 Å². The molecule has 0 atom stereocenters. The highest BCUT2D eigenvalue weighted by molar-refractivity contribution is 5.92. The Hall–Kier alpha value is -3.15. The Morgan fingerprint density at radius 1 is 1.19 bits per heavy atom. The summed E-state index contributed by atoms with van der Waals surface area (Å²) in [6.45, 7) is 0.746. The zero-order chi connectivity index (χ0) is 18.6. The zero-order valence-electron chi connectivity index (χ0n) is 14.8. The van der Waals surface area contributed by atoms with E-state index in [4.69, 9.17) is 9.72 Å². The van der Waals surface area contributed by atoms with E-state index in [1.165, 1.54) is 25.0 Å². The summed E-state index contributed by atoms with van der Waals surface area (Å²) in [5, 5.41) is 2.78. The molecule has 1 N–H and O–H groups in total. The molecule has 0 saturated heterocycles. The molecule has 3 aromatic rings. The predicted molar refractivity (Wildman–Crippen MR) is 101 cm³/mol. The summed E-state index contributed by atoms with van der Waals surface area (Å²) in [6, 6.07) is 13.5. The maximum absolute atomic E-state index is 13.5. The normalized spacial score (nSPS) is 13.1. The van der Waals surface area contributed by atoms with Gasteiger partial charge >= 0.3 is 0 Å². The Labute approximate surface area is 156 Å². The van der Waals surface area contributed by atoms with E-state index in [2.05, 4.69) is 16.1 Å². The van der Waals surface area contributed by atoms with Gasteiger partial charge in [0.15, 0.2) is 18.2 Å². The highest BCUT2D eigenvalue weighted by atomic mass is 19.1. The second kappa shape index (κ2) is 7.61. The van der Waals surface area contributed by atoms with Crippen LogP contribution in [0.4, 0.5) is 10.1 Å². The third-order valence-electron chi connectivity index (χ3n) is 4.55. The number of anilines is 1. The molecule has 27 heavy (non-hydrogen) atoms. The topological polar surface area (TPSA) is 56.1 Å². The van der Waals surface area contributed by atoms with Gasteiger partial charge in [-0.15, -0.1) is 0 Å². The number of para-hydroxylation sites is 1. The number of carbonyl (C=O) groups excluding carboxylic acids is 1. The maximum atomic E-state index is 13.5. The van der Waals surface area contributed by atoms with E-state index in [0.717, 1.165) is 30.0 Å². The average molecular weight is 365 g/mol. The summed E-state index contributed by atoms with van der Waals surface area (Å²) in [5.41, 5.74) is 2.51. The van der Waals surface area contributed by atoms with E-state index in [1.807, 2.05) is 18.2 Å². The predicted octanol–water partition coefficient (Wildman–Crippen LogP) is 4.04. The van der Waals surface area contributed by atoms with Crippen LogP contribution in [0.25, 0.3) is 11.3 Å². The van der Waals surface area contributed by atoms with Gasteiger partial charge in [-0.05, 0) is 37.1 Å². The zero-order valence-corrected chi connectivity index (χ0v) is 14.8. The molecule has 0 radical (unpaired) electrons. The minimum absolute atomic E-state index is 0.0602. The molecule has 1 aromatic heterocycles. The van der Waals surface area contributed by atoms with Crippen molar-refractivity contribution in [2.45, 2.75) is 25.8 Å². The van der Waals surface area contributed by atoms with Gasteiger partial charge in [0.25, 0.3) is 5.91 Å². The number of hydrogen-bond acceptors (Lipinski definition) is 3. The molecule has 0 spiro atoms. The molecule has 2 aromatic carbocycles. The number of benzene rings is 2. The molecule has 6 heteroatoms. The highest BCUT2D eigenvalue weighted by Gasteiger charge is 2.14. The monoisotopic (exact) mass is 365 g/mol. The number of rotatable bonds is 5. The van der Waals surface area contributed by atoms with Crippen LogP contribution < -0.4 is 10.1 Å². The lowest BCUT2D eigenvalue weighted by Gasteiger charge is -2.11. The van der Waals surface area contributed by atoms with Crippen LogP contribution in [0.1, 0.15) is 18.7 Å². The lowest BCUT2D eigenvalue weighted by atomic mass is 10.1. The number of aryl methyl sites for hydroxylation is 2. The van der Waals surface area contributed by atoms with E-state index in [1.54, 1.807) is 18.2 Å². The molecule has 0 bridgehead atoms. The van der Waals surface area contributed by atoms with E-state index in [-0.39, 0.29) is 18.3 Å². The number of nitrogens with zero attached hydrogens (tertiary/aromatic N) is 2. The largest absolute Gasteiger partial charge is 0.481 e. The Bertz CT molecular complexity index is 944. The van der Waals surface area contributed by atoms with Crippen molar-refractivity contribution in [1.29, 1.82) is 0 Å². The molecule has 138 valence electrons. The summed E-state index contributed by atoms with van der Waals surface area (Å²) >= 11 is 0. The summed E-state index contributed by atoms with van der Waals surface area (Å²) in [6.07, 6.45) is 5.43. The van der Waals surface area contributed by atoms with Crippen molar-refractivity contribution >= 4 is 11.6 Å². The van der Waals surface area contributed by atoms with Crippen LogP contribution in [0.5, 0.6) is 5.75 Å². The highest BCUT2D eigenvalue weighted by Crippen LogP contribution is 2.25. The lowest BCUT2D eigenvalue weighted by Crippen LogP contribution is -2.20. The first-order valence-corrected chi connectivity index (χ1v) is 9.03. The molecule has 1 amide bonds. The fourth-order valence-electron chi connectivity index (χ4n) is 3.21. The molecule has 1 aliphatic rings. The van der Waals surface area contributed by atoms with E-state index in [9.17, 15) is 9.18 Å². The molecule has 4 rings (SSSR count). The standard InChI is InChI=1S/C21H20FN3O2/c22-17-8-1-2-9-19(17)27-14-21(26)23-16-7-5-6-15(12-16)18-13-25-11-4-3-10-20(25)24-18/h1-2,5-9,12-13H,3-4,10-11,14H2,(H,23,26). The van der Waals surface area contributed by atoms with Gasteiger partial charge in [0.2, 0.25) is 0 Å². The van der Waals surface area contributed by atoms with Gasteiger partial charge in [-0.2, -0.15) is 0 Å². The first kappa shape index (κ1) is 17.3. The Kier molecular flexibility index (Phi) is 4.87. The van der Waals surface area contributed by atoms with Crippen LogP contribution in [0.2, 0.25) is 0 Å². The molecule has 1 aliphatic heterocycles. The Morgan fingerprint density at radius 3 is 2.93 bits per heavy atom. The number of imidazole rings is 1. The fraction of sp³-hybridized carbons (Fsp3) is 0.238. The van der Waals surface area contributed by atoms with Gasteiger partial charge in [-0.25, -0.2) is 9.37 Å². The molecule has 2 heterocycles. The SMILES string of the molecule is O=C(COc1ccccc1F)Nc1cccc(-c2cn3c(n2)CCCC3)c1. The summed E-state index contributed by atoms with van der Waals surface area (Å²) in [7, 11) is 0. The van der Waals surface area contributed by atoms with Gasteiger partial charge in [0.05, 0.1) is 5.69 Å². The van der Waals surface area contributed by atoms with Gasteiger partial charge in [0, 0.05) is 30.4 Å². The second-order valence-corrected chi connectivity index (χ2v) is 6.54. The molecule has 0 aliphatic carbocycles.